The lowest BCUT2D eigenvalue weighted by Crippen LogP contribution is -2.33. The number of methoxy groups -OCH3 is 1. The van der Waals surface area contributed by atoms with Gasteiger partial charge in [-0.25, -0.2) is 9.78 Å². The van der Waals surface area contributed by atoms with Gasteiger partial charge in [-0.3, -0.25) is 4.99 Å². The molecule has 0 saturated carbocycles. The molecule has 0 radical (unpaired) electrons. The summed E-state index contributed by atoms with van der Waals surface area (Å²) in [7, 11) is 1.45. The summed E-state index contributed by atoms with van der Waals surface area (Å²) in [6.45, 7) is 1.56. The molecule has 1 aromatic heterocycles. The Balaban J connectivity index is 2.42. The molecule has 0 bridgehead atoms. The van der Waals surface area contributed by atoms with Crippen LogP contribution in [0.2, 0.25) is 0 Å². The number of rotatable bonds is 3. The van der Waals surface area contributed by atoms with Crippen LogP contribution in [0, 0.1) is 0 Å². The second kappa shape index (κ2) is 4.49. The first kappa shape index (κ1) is 12.7. The summed E-state index contributed by atoms with van der Waals surface area (Å²) in [5, 5.41) is 18.9. The van der Waals surface area contributed by atoms with E-state index in [9.17, 15) is 9.90 Å². The van der Waals surface area contributed by atoms with E-state index in [1.807, 2.05) is 0 Å². The molecule has 0 amide bonds. The normalized spacial score (nSPS) is 22.7. The maximum atomic E-state index is 11.1. The molecule has 96 valence electrons. The topological polar surface area (TPSA) is 92.0 Å². The van der Waals surface area contributed by atoms with Crippen LogP contribution in [0.3, 0.4) is 0 Å². The van der Waals surface area contributed by atoms with Crippen molar-refractivity contribution in [1.29, 1.82) is 0 Å². The number of aromatic hydroxyl groups is 1. The van der Waals surface area contributed by atoms with E-state index >= 15 is 0 Å². The Kier molecular flexibility index (Phi) is 3.16. The highest BCUT2D eigenvalue weighted by Crippen LogP contribution is 2.34. The number of thioether (sulfide) groups is 1. The first-order valence-electron chi connectivity index (χ1n) is 5.16. The van der Waals surface area contributed by atoms with Crippen molar-refractivity contribution in [2.75, 3.05) is 12.9 Å². The van der Waals surface area contributed by atoms with Crippen LogP contribution in [0.25, 0.3) is 0 Å². The predicted octanol–water partition coefficient (Wildman–Crippen LogP) is 1.13. The van der Waals surface area contributed by atoms with Crippen LogP contribution in [0.5, 0.6) is 11.5 Å². The molecule has 18 heavy (non-hydrogen) atoms. The Hall–Kier alpha value is -1.76. The molecular weight excluding hydrogens is 256 g/mol. The molecule has 0 aromatic carbocycles. The number of pyridine rings is 1. The van der Waals surface area contributed by atoms with E-state index in [1.165, 1.54) is 31.1 Å². The molecule has 2 N–H and O–H groups in total. The molecule has 1 aromatic rings. The van der Waals surface area contributed by atoms with Crippen molar-refractivity contribution < 1.29 is 19.7 Å². The zero-order valence-electron chi connectivity index (χ0n) is 9.88. The van der Waals surface area contributed by atoms with E-state index in [0.717, 1.165) is 0 Å². The third-order valence-electron chi connectivity index (χ3n) is 2.56. The van der Waals surface area contributed by atoms with Crippen molar-refractivity contribution in [2.45, 2.75) is 12.5 Å². The van der Waals surface area contributed by atoms with E-state index in [4.69, 9.17) is 9.84 Å². The quantitative estimate of drug-likeness (QED) is 0.853. The van der Waals surface area contributed by atoms with Gasteiger partial charge in [-0.15, -0.1) is 11.8 Å². The Bertz CT molecular complexity index is 532. The number of ether oxygens (including phenoxy) is 1. The van der Waals surface area contributed by atoms with Crippen molar-refractivity contribution in [3.63, 3.8) is 0 Å². The van der Waals surface area contributed by atoms with Gasteiger partial charge in [0.2, 0.25) is 0 Å². The second-order valence-electron chi connectivity index (χ2n) is 4.03. The highest BCUT2D eigenvalue weighted by Gasteiger charge is 2.39. The van der Waals surface area contributed by atoms with Crippen molar-refractivity contribution >= 4 is 22.8 Å². The van der Waals surface area contributed by atoms with Crippen LogP contribution in [0.15, 0.2) is 17.3 Å². The smallest absolute Gasteiger partial charge is 0.332 e. The monoisotopic (exact) mass is 268 g/mol. The molecule has 7 heteroatoms. The number of aromatic nitrogens is 1. The molecule has 0 fully saturated rings. The second-order valence-corrected chi connectivity index (χ2v) is 4.99. The molecule has 0 aliphatic carbocycles. The average Bonchev–Trinajstić information content (AvgIpc) is 2.73. The Morgan fingerprint density at radius 3 is 2.89 bits per heavy atom. The third kappa shape index (κ3) is 2.13. The van der Waals surface area contributed by atoms with E-state index in [0.29, 0.717) is 22.2 Å². The Labute approximate surface area is 108 Å². The third-order valence-corrected chi connectivity index (χ3v) is 3.82. The highest BCUT2D eigenvalue weighted by molar-refractivity contribution is 8.14. The van der Waals surface area contributed by atoms with Crippen LogP contribution in [-0.4, -0.2) is 44.6 Å². The number of hydrogen-bond donors (Lipinski definition) is 2. The SMILES string of the molecule is COc1cc(O)cnc1C1=N[C@@](C)(C(=O)O)CS1. The van der Waals surface area contributed by atoms with Crippen molar-refractivity contribution in [2.24, 2.45) is 4.99 Å². The van der Waals surface area contributed by atoms with Crippen molar-refractivity contribution in [3.8, 4) is 11.5 Å². The summed E-state index contributed by atoms with van der Waals surface area (Å²) in [5.74, 6) is -0.262. The van der Waals surface area contributed by atoms with Crippen LogP contribution in [0.4, 0.5) is 0 Å². The standard InChI is InChI=1S/C11H12N2O4S/c1-11(10(15)16)5-18-9(13-11)8-7(17-2)3-6(14)4-12-8/h3-4,14H,5H2,1-2H3,(H,15,16)/t11-/m1/s1. The molecule has 1 aliphatic heterocycles. The summed E-state index contributed by atoms with van der Waals surface area (Å²) in [6.07, 6.45) is 1.28. The minimum Gasteiger partial charge on any atom is -0.506 e. The van der Waals surface area contributed by atoms with Gasteiger partial charge in [-0.2, -0.15) is 0 Å². The van der Waals surface area contributed by atoms with Gasteiger partial charge in [0.1, 0.15) is 16.5 Å². The summed E-state index contributed by atoms with van der Waals surface area (Å²) in [4.78, 5) is 19.3. The Morgan fingerprint density at radius 1 is 1.61 bits per heavy atom. The van der Waals surface area contributed by atoms with E-state index in [1.54, 1.807) is 6.92 Å². The number of nitrogens with zero attached hydrogens (tertiary/aromatic N) is 2. The van der Waals surface area contributed by atoms with Gasteiger partial charge in [0.25, 0.3) is 0 Å². The van der Waals surface area contributed by atoms with Gasteiger partial charge in [-0.05, 0) is 6.92 Å². The molecule has 2 heterocycles. The number of aliphatic imine (C=N–C) groups is 1. The molecule has 1 atom stereocenters. The Morgan fingerprint density at radius 2 is 2.33 bits per heavy atom. The molecular formula is C11H12N2O4S. The number of carboxylic acid groups (broad SMARTS) is 1. The summed E-state index contributed by atoms with van der Waals surface area (Å²) < 4.78 is 5.10. The maximum Gasteiger partial charge on any atom is 0.332 e. The lowest BCUT2D eigenvalue weighted by Gasteiger charge is -2.11. The number of carboxylic acids is 1. The van der Waals surface area contributed by atoms with Gasteiger partial charge >= 0.3 is 5.97 Å². The zero-order valence-corrected chi connectivity index (χ0v) is 10.7. The first-order valence-corrected chi connectivity index (χ1v) is 6.14. The molecule has 2 rings (SSSR count). The summed E-state index contributed by atoms with van der Waals surface area (Å²) in [5.41, 5.74) is -0.685. The first-order chi connectivity index (χ1) is 8.46. The van der Waals surface area contributed by atoms with Gasteiger partial charge < -0.3 is 14.9 Å². The molecule has 6 nitrogen and oxygen atoms in total. The minimum atomic E-state index is -1.13. The van der Waals surface area contributed by atoms with E-state index < -0.39 is 11.5 Å². The number of carbonyl (C=O) groups is 1. The molecule has 0 saturated heterocycles. The average molecular weight is 268 g/mol. The van der Waals surface area contributed by atoms with Crippen molar-refractivity contribution in [3.05, 3.63) is 18.0 Å². The number of aliphatic carboxylic acids is 1. The molecule has 0 unspecified atom stereocenters. The van der Waals surface area contributed by atoms with Crippen LogP contribution in [0.1, 0.15) is 12.6 Å². The maximum absolute atomic E-state index is 11.1. The summed E-state index contributed by atoms with van der Waals surface area (Å²) >= 11 is 1.31. The van der Waals surface area contributed by atoms with Crippen LogP contribution in [-0.2, 0) is 4.79 Å². The zero-order chi connectivity index (χ0) is 13.3. The fourth-order valence-corrected chi connectivity index (χ4v) is 2.64. The van der Waals surface area contributed by atoms with Gasteiger partial charge in [0, 0.05) is 11.8 Å². The van der Waals surface area contributed by atoms with E-state index in [-0.39, 0.29) is 5.75 Å². The predicted molar refractivity (Wildman–Crippen MR) is 67.5 cm³/mol. The minimum absolute atomic E-state index is 0.0137. The van der Waals surface area contributed by atoms with Gasteiger partial charge in [0.05, 0.1) is 13.3 Å². The van der Waals surface area contributed by atoms with Crippen LogP contribution < -0.4 is 4.74 Å². The lowest BCUT2D eigenvalue weighted by molar-refractivity contribution is -0.141. The van der Waals surface area contributed by atoms with Crippen molar-refractivity contribution in [1.82, 2.24) is 4.98 Å². The van der Waals surface area contributed by atoms with Gasteiger partial charge in [0.15, 0.2) is 11.3 Å². The fraction of sp³-hybridized carbons (Fsp3) is 0.364. The fourth-order valence-electron chi connectivity index (χ4n) is 1.48. The summed E-state index contributed by atoms with van der Waals surface area (Å²) in [6, 6.07) is 1.42. The number of hydrogen-bond acceptors (Lipinski definition) is 6. The highest BCUT2D eigenvalue weighted by atomic mass is 32.2. The largest absolute Gasteiger partial charge is 0.506 e. The van der Waals surface area contributed by atoms with Gasteiger partial charge in [-0.1, -0.05) is 0 Å². The lowest BCUT2D eigenvalue weighted by atomic mass is 10.1. The van der Waals surface area contributed by atoms with E-state index in [2.05, 4.69) is 9.98 Å². The van der Waals surface area contributed by atoms with Crippen LogP contribution >= 0.6 is 11.8 Å². The molecule has 1 aliphatic rings. The molecule has 0 spiro atoms.